The lowest BCUT2D eigenvalue weighted by atomic mass is 10.2. The fourth-order valence-electron chi connectivity index (χ4n) is 1.63. The largest absolute Gasteiger partial charge is 0.495 e. The van der Waals surface area contributed by atoms with Crippen molar-refractivity contribution in [3.05, 3.63) is 18.2 Å². The van der Waals surface area contributed by atoms with E-state index >= 15 is 0 Å². The van der Waals surface area contributed by atoms with Crippen molar-refractivity contribution in [1.82, 2.24) is 5.32 Å². The highest BCUT2D eigenvalue weighted by atomic mass is 16.5. The normalized spacial score (nSPS) is 9.75. The summed E-state index contributed by atoms with van der Waals surface area (Å²) in [4.78, 5) is 22.8. The van der Waals surface area contributed by atoms with Crippen LogP contribution < -0.4 is 20.7 Å². The van der Waals surface area contributed by atoms with Crippen LogP contribution >= 0.6 is 0 Å². The second-order valence-electron chi connectivity index (χ2n) is 4.33. The number of rotatable bonds is 6. The third kappa shape index (κ3) is 5.17. The maximum absolute atomic E-state index is 11.6. The maximum atomic E-state index is 11.6. The van der Waals surface area contributed by atoms with Gasteiger partial charge in [0.25, 0.3) is 0 Å². The average Bonchev–Trinajstić information content (AvgIpc) is 2.38. The predicted molar refractivity (Wildman–Crippen MR) is 79.2 cm³/mol. The van der Waals surface area contributed by atoms with Gasteiger partial charge < -0.3 is 20.7 Å². The number of amides is 3. The van der Waals surface area contributed by atoms with Gasteiger partial charge >= 0.3 is 6.03 Å². The molecule has 0 aliphatic rings. The van der Waals surface area contributed by atoms with Gasteiger partial charge in [-0.15, -0.1) is 0 Å². The van der Waals surface area contributed by atoms with E-state index in [0.29, 0.717) is 23.7 Å². The Kier molecular flexibility index (Phi) is 6.36. The molecular formula is C14H21N3O3. The number of carbonyl (C=O) groups is 2. The van der Waals surface area contributed by atoms with Crippen molar-refractivity contribution in [1.29, 1.82) is 0 Å². The first-order valence-electron chi connectivity index (χ1n) is 6.57. The average molecular weight is 279 g/mol. The minimum atomic E-state index is -0.266. The Hall–Kier alpha value is -2.24. The van der Waals surface area contributed by atoms with Gasteiger partial charge in [-0.25, -0.2) is 4.79 Å². The molecule has 0 aliphatic heterocycles. The van der Waals surface area contributed by atoms with E-state index in [0.717, 1.165) is 12.8 Å². The van der Waals surface area contributed by atoms with Crippen molar-refractivity contribution in [2.75, 3.05) is 24.3 Å². The number of carbonyl (C=O) groups excluding carboxylic acids is 2. The third-order valence-corrected chi connectivity index (χ3v) is 2.58. The van der Waals surface area contributed by atoms with E-state index in [-0.39, 0.29) is 11.9 Å². The SMILES string of the molecule is CCCCNC(=O)Nc1ccc(OC)c(NC(C)=O)c1. The van der Waals surface area contributed by atoms with E-state index < -0.39 is 0 Å². The number of hydrogen-bond acceptors (Lipinski definition) is 3. The molecule has 3 amide bonds. The number of nitrogens with one attached hydrogen (secondary N) is 3. The van der Waals surface area contributed by atoms with Crippen molar-refractivity contribution in [3.63, 3.8) is 0 Å². The quantitative estimate of drug-likeness (QED) is 0.700. The molecular weight excluding hydrogens is 258 g/mol. The highest BCUT2D eigenvalue weighted by Crippen LogP contribution is 2.27. The van der Waals surface area contributed by atoms with Crippen molar-refractivity contribution in [3.8, 4) is 5.75 Å². The van der Waals surface area contributed by atoms with Gasteiger partial charge in [-0.1, -0.05) is 13.3 Å². The summed E-state index contributed by atoms with van der Waals surface area (Å²) in [7, 11) is 1.52. The maximum Gasteiger partial charge on any atom is 0.319 e. The lowest BCUT2D eigenvalue weighted by molar-refractivity contribution is -0.114. The summed E-state index contributed by atoms with van der Waals surface area (Å²) in [6.45, 7) is 4.11. The molecule has 0 spiro atoms. The monoisotopic (exact) mass is 279 g/mol. The number of anilines is 2. The Morgan fingerprint density at radius 2 is 2.00 bits per heavy atom. The Morgan fingerprint density at radius 3 is 2.60 bits per heavy atom. The predicted octanol–water partition coefficient (Wildman–Crippen LogP) is 2.58. The van der Waals surface area contributed by atoms with Crippen molar-refractivity contribution >= 4 is 23.3 Å². The van der Waals surface area contributed by atoms with Gasteiger partial charge in [-0.3, -0.25) is 4.79 Å². The van der Waals surface area contributed by atoms with E-state index in [2.05, 4.69) is 22.9 Å². The van der Waals surface area contributed by atoms with Crippen LogP contribution in [0.3, 0.4) is 0 Å². The summed E-state index contributed by atoms with van der Waals surface area (Å²) in [5.74, 6) is 0.338. The lowest BCUT2D eigenvalue weighted by Gasteiger charge is -2.12. The molecule has 110 valence electrons. The molecule has 0 aromatic heterocycles. The molecule has 0 bridgehead atoms. The topological polar surface area (TPSA) is 79.5 Å². The second-order valence-corrected chi connectivity index (χ2v) is 4.33. The summed E-state index contributed by atoms with van der Waals surface area (Å²) in [5.41, 5.74) is 1.11. The van der Waals surface area contributed by atoms with E-state index in [1.165, 1.54) is 14.0 Å². The first-order valence-corrected chi connectivity index (χ1v) is 6.57. The van der Waals surface area contributed by atoms with Gasteiger partial charge in [0.05, 0.1) is 12.8 Å². The van der Waals surface area contributed by atoms with Crippen LogP contribution in [0.15, 0.2) is 18.2 Å². The van der Waals surface area contributed by atoms with Gasteiger partial charge in [-0.2, -0.15) is 0 Å². The minimum Gasteiger partial charge on any atom is -0.495 e. The minimum absolute atomic E-state index is 0.201. The highest BCUT2D eigenvalue weighted by molar-refractivity contribution is 5.94. The van der Waals surface area contributed by atoms with Crippen LogP contribution in [-0.2, 0) is 4.79 Å². The smallest absolute Gasteiger partial charge is 0.319 e. The number of hydrogen-bond donors (Lipinski definition) is 3. The molecule has 0 aliphatic carbocycles. The van der Waals surface area contributed by atoms with Gasteiger partial charge in [-0.05, 0) is 24.6 Å². The van der Waals surface area contributed by atoms with Crippen LogP contribution in [0.1, 0.15) is 26.7 Å². The van der Waals surface area contributed by atoms with Gasteiger partial charge in [0.2, 0.25) is 5.91 Å². The number of benzene rings is 1. The number of urea groups is 1. The summed E-state index contributed by atoms with van der Waals surface area (Å²) in [5, 5.41) is 8.12. The molecule has 0 heterocycles. The number of ether oxygens (including phenoxy) is 1. The van der Waals surface area contributed by atoms with Crippen molar-refractivity contribution < 1.29 is 14.3 Å². The molecule has 6 nitrogen and oxygen atoms in total. The van der Waals surface area contributed by atoms with Crippen molar-refractivity contribution in [2.24, 2.45) is 0 Å². The first kappa shape index (κ1) is 15.8. The zero-order valence-electron chi connectivity index (χ0n) is 12.1. The fraction of sp³-hybridized carbons (Fsp3) is 0.429. The van der Waals surface area contributed by atoms with Crippen molar-refractivity contribution in [2.45, 2.75) is 26.7 Å². The van der Waals surface area contributed by atoms with E-state index in [1.807, 2.05) is 0 Å². The molecule has 0 saturated heterocycles. The molecule has 3 N–H and O–H groups in total. The Morgan fingerprint density at radius 1 is 1.25 bits per heavy atom. The molecule has 0 fully saturated rings. The summed E-state index contributed by atoms with van der Waals surface area (Å²) in [6, 6.07) is 4.79. The Bertz CT molecular complexity index is 475. The molecule has 0 unspecified atom stereocenters. The molecule has 0 saturated carbocycles. The molecule has 1 aromatic carbocycles. The van der Waals surface area contributed by atoms with Gasteiger partial charge in [0.15, 0.2) is 0 Å². The lowest BCUT2D eigenvalue weighted by Crippen LogP contribution is -2.29. The summed E-state index contributed by atoms with van der Waals surface area (Å²) in [6.07, 6.45) is 1.96. The first-order chi connectivity index (χ1) is 9.56. The standard InChI is InChI=1S/C14H21N3O3/c1-4-5-8-15-14(19)17-11-6-7-13(20-3)12(9-11)16-10(2)18/h6-7,9H,4-5,8H2,1-3H3,(H,16,18)(H2,15,17,19). The van der Waals surface area contributed by atoms with Gasteiger partial charge in [0.1, 0.15) is 5.75 Å². The third-order valence-electron chi connectivity index (χ3n) is 2.58. The van der Waals surface area contributed by atoms with Crippen LogP contribution in [0.5, 0.6) is 5.75 Å². The van der Waals surface area contributed by atoms with Crippen LogP contribution in [0.4, 0.5) is 16.2 Å². The van der Waals surface area contributed by atoms with Crippen LogP contribution in [0.25, 0.3) is 0 Å². The number of methoxy groups -OCH3 is 1. The fourth-order valence-corrected chi connectivity index (χ4v) is 1.63. The van der Waals surface area contributed by atoms with Crippen LogP contribution in [-0.4, -0.2) is 25.6 Å². The molecule has 6 heteroatoms. The molecule has 1 rings (SSSR count). The van der Waals surface area contributed by atoms with Crippen LogP contribution in [0, 0.1) is 0 Å². The Balaban J connectivity index is 2.71. The van der Waals surface area contributed by atoms with E-state index in [1.54, 1.807) is 18.2 Å². The second kappa shape index (κ2) is 8.04. The van der Waals surface area contributed by atoms with E-state index in [4.69, 9.17) is 4.74 Å². The summed E-state index contributed by atoms with van der Waals surface area (Å²) >= 11 is 0. The molecule has 0 radical (unpaired) electrons. The zero-order chi connectivity index (χ0) is 15.0. The highest BCUT2D eigenvalue weighted by Gasteiger charge is 2.07. The number of unbranched alkanes of at least 4 members (excludes halogenated alkanes) is 1. The summed E-state index contributed by atoms with van der Waals surface area (Å²) < 4.78 is 5.14. The molecule has 0 atom stereocenters. The van der Waals surface area contributed by atoms with E-state index in [9.17, 15) is 9.59 Å². The Labute approximate surface area is 118 Å². The zero-order valence-corrected chi connectivity index (χ0v) is 12.1. The van der Waals surface area contributed by atoms with Crippen LogP contribution in [0.2, 0.25) is 0 Å². The molecule has 20 heavy (non-hydrogen) atoms. The van der Waals surface area contributed by atoms with Gasteiger partial charge in [0, 0.05) is 19.2 Å². The molecule has 1 aromatic rings.